The maximum absolute atomic E-state index is 12.6. The Morgan fingerprint density at radius 2 is 2.21 bits per heavy atom. The summed E-state index contributed by atoms with van der Waals surface area (Å²) in [4.78, 5) is 0.270. The van der Waals surface area contributed by atoms with Crippen LogP contribution in [0.5, 0.6) is 0 Å². The second-order valence-electron chi connectivity index (χ2n) is 4.43. The molecular weight excluding hydrogens is 325 g/mol. The first-order chi connectivity index (χ1) is 8.96. The van der Waals surface area contributed by atoms with Crippen LogP contribution in [0.1, 0.15) is 12.5 Å². The first-order valence-corrected chi connectivity index (χ1v) is 9.41. The third kappa shape index (κ3) is 3.22. The molecule has 0 spiro atoms. The SMILES string of the molecule is CC1CSCCN1S(=O)(=O)c1ccc(Cl)c(CCl)c1. The minimum atomic E-state index is -3.46. The van der Waals surface area contributed by atoms with Crippen LogP contribution < -0.4 is 0 Å². The van der Waals surface area contributed by atoms with Crippen molar-refractivity contribution in [3.05, 3.63) is 28.8 Å². The number of sulfonamides is 1. The van der Waals surface area contributed by atoms with Crippen LogP contribution in [0.25, 0.3) is 0 Å². The minimum Gasteiger partial charge on any atom is -0.207 e. The lowest BCUT2D eigenvalue weighted by atomic mass is 10.2. The quantitative estimate of drug-likeness (QED) is 0.793. The molecular formula is C12H15Cl2NO2S2. The van der Waals surface area contributed by atoms with E-state index in [1.807, 2.05) is 6.92 Å². The number of hydrogen-bond donors (Lipinski definition) is 0. The van der Waals surface area contributed by atoms with Gasteiger partial charge < -0.3 is 0 Å². The Bertz CT molecular complexity index is 563. The highest BCUT2D eigenvalue weighted by molar-refractivity contribution is 7.99. The number of halogens is 2. The summed E-state index contributed by atoms with van der Waals surface area (Å²) >= 11 is 13.5. The highest BCUT2D eigenvalue weighted by Gasteiger charge is 2.31. The Morgan fingerprint density at radius 1 is 1.47 bits per heavy atom. The Kier molecular flexibility index (Phi) is 5.06. The lowest BCUT2D eigenvalue weighted by Crippen LogP contribution is -2.44. The van der Waals surface area contributed by atoms with Gasteiger partial charge in [-0.05, 0) is 30.7 Å². The number of nitrogens with zero attached hydrogens (tertiary/aromatic N) is 1. The van der Waals surface area contributed by atoms with Crippen molar-refractivity contribution in [1.82, 2.24) is 4.31 Å². The Labute approximate surface area is 128 Å². The Balaban J connectivity index is 2.38. The van der Waals surface area contributed by atoms with Gasteiger partial charge in [0.25, 0.3) is 0 Å². The van der Waals surface area contributed by atoms with Crippen molar-refractivity contribution in [3.8, 4) is 0 Å². The molecule has 0 radical (unpaired) electrons. The van der Waals surface area contributed by atoms with Crippen molar-refractivity contribution in [2.24, 2.45) is 0 Å². The van der Waals surface area contributed by atoms with Crippen LogP contribution >= 0.6 is 35.0 Å². The van der Waals surface area contributed by atoms with E-state index in [0.29, 0.717) is 17.1 Å². The lowest BCUT2D eigenvalue weighted by molar-refractivity contribution is 0.367. The van der Waals surface area contributed by atoms with Gasteiger partial charge in [0.2, 0.25) is 10.0 Å². The molecule has 1 saturated heterocycles. The summed E-state index contributed by atoms with van der Waals surface area (Å²) in [7, 11) is -3.46. The highest BCUT2D eigenvalue weighted by atomic mass is 35.5. The average molecular weight is 340 g/mol. The van der Waals surface area contributed by atoms with E-state index in [1.165, 1.54) is 0 Å². The van der Waals surface area contributed by atoms with Crippen LogP contribution in [0.2, 0.25) is 5.02 Å². The van der Waals surface area contributed by atoms with Gasteiger partial charge in [-0.1, -0.05) is 11.6 Å². The fourth-order valence-electron chi connectivity index (χ4n) is 2.02. The molecule has 0 amide bonds. The normalized spacial score (nSPS) is 21.5. The van der Waals surface area contributed by atoms with E-state index in [1.54, 1.807) is 34.3 Å². The summed E-state index contributed by atoms with van der Waals surface area (Å²) < 4.78 is 26.8. The third-order valence-corrected chi connectivity index (χ3v) is 6.93. The van der Waals surface area contributed by atoms with E-state index in [9.17, 15) is 8.42 Å². The number of rotatable bonds is 3. The van der Waals surface area contributed by atoms with Gasteiger partial charge in [0, 0.05) is 35.0 Å². The molecule has 106 valence electrons. The monoisotopic (exact) mass is 339 g/mol. The second kappa shape index (κ2) is 6.22. The van der Waals surface area contributed by atoms with Crippen molar-refractivity contribution in [2.75, 3.05) is 18.1 Å². The summed E-state index contributed by atoms with van der Waals surface area (Å²) in [5.41, 5.74) is 0.642. The summed E-state index contributed by atoms with van der Waals surface area (Å²) in [6, 6.07) is 4.72. The second-order valence-corrected chi connectivity index (χ2v) is 8.14. The number of alkyl halides is 1. The predicted octanol–water partition coefficient (Wildman–Crippen LogP) is 3.20. The summed E-state index contributed by atoms with van der Waals surface area (Å²) in [5.74, 6) is 1.86. The minimum absolute atomic E-state index is 0.0129. The van der Waals surface area contributed by atoms with Crippen LogP contribution in [0.3, 0.4) is 0 Å². The van der Waals surface area contributed by atoms with E-state index in [-0.39, 0.29) is 16.8 Å². The van der Waals surface area contributed by atoms with Crippen LogP contribution in [-0.2, 0) is 15.9 Å². The molecule has 3 nitrogen and oxygen atoms in total. The molecule has 1 aliphatic rings. The molecule has 0 N–H and O–H groups in total. The standard InChI is InChI=1S/C12H15Cl2NO2S2/c1-9-8-18-5-4-15(9)19(16,17)11-2-3-12(14)10(6-11)7-13/h2-3,6,9H,4-5,7-8H2,1H3. The van der Waals surface area contributed by atoms with Crippen molar-refractivity contribution in [1.29, 1.82) is 0 Å². The van der Waals surface area contributed by atoms with Gasteiger partial charge in [-0.25, -0.2) is 8.42 Å². The summed E-state index contributed by atoms with van der Waals surface area (Å²) in [5, 5.41) is 0.496. The maximum atomic E-state index is 12.6. The molecule has 1 heterocycles. The molecule has 0 aromatic heterocycles. The van der Waals surface area contributed by atoms with Crippen LogP contribution in [-0.4, -0.2) is 36.8 Å². The highest BCUT2D eigenvalue weighted by Crippen LogP contribution is 2.27. The van der Waals surface area contributed by atoms with Crippen molar-refractivity contribution in [3.63, 3.8) is 0 Å². The summed E-state index contributed by atoms with van der Waals surface area (Å²) in [6.45, 7) is 2.48. The third-order valence-electron chi connectivity index (χ3n) is 3.07. The molecule has 7 heteroatoms. The van der Waals surface area contributed by atoms with Gasteiger partial charge in [-0.15, -0.1) is 11.6 Å². The molecule has 1 unspecified atom stereocenters. The lowest BCUT2D eigenvalue weighted by Gasteiger charge is -2.32. The predicted molar refractivity (Wildman–Crippen MR) is 81.7 cm³/mol. The van der Waals surface area contributed by atoms with Crippen LogP contribution in [0, 0.1) is 0 Å². The molecule has 1 fully saturated rings. The van der Waals surface area contributed by atoms with Gasteiger partial charge in [0.15, 0.2) is 0 Å². The molecule has 0 bridgehead atoms. The van der Waals surface area contributed by atoms with E-state index in [0.717, 1.165) is 11.5 Å². The van der Waals surface area contributed by atoms with Gasteiger partial charge >= 0.3 is 0 Å². The van der Waals surface area contributed by atoms with Crippen molar-refractivity contribution in [2.45, 2.75) is 23.7 Å². The fourth-order valence-corrected chi connectivity index (χ4v) is 5.40. The zero-order valence-electron chi connectivity index (χ0n) is 10.5. The van der Waals surface area contributed by atoms with Crippen LogP contribution in [0.4, 0.5) is 0 Å². The maximum Gasteiger partial charge on any atom is 0.243 e. The fraction of sp³-hybridized carbons (Fsp3) is 0.500. The van der Waals surface area contributed by atoms with Crippen molar-refractivity contribution >= 4 is 45.0 Å². The first kappa shape index (κ1) is 15.4. The van der Waals surface area contributed by atoms with Gasteiger partial charge in [0.1, 0.15) is 0 Å². The molecule has 1 aliphatic heterocycles. The van der Waals surface area contributed by atoms with Crippen molar-refractivity contribution < 1.29 is 8.42 Å². The smallest absolute Gasteiger partial charge is 0.207 e. The van der Waals surface area contributed by atoms with E-state index in [2.05, 4.69) is 0 Å². The van der Waals surface area contributed by atoms with Gasteiger partial charge in [-0.2, -0.15) is 16.1 Å². The number of hydrogen-bond acceptors (Lipinski definition) is 3. The number of thioether (sulfide) groups is 1. The van der Waals surface area contributed by atoms with Gasteiger partial charge in [-0.3, -0.25) is 0 Å². The first-order valence-electron chi connectivity index (χ1n) is 5.91. The zero-order chi connectivity index (χ0) is 14.0. The van der Waals surface area contributed by atoms with E-state index < -0.39 is 10.0 Å². The Morgan fingerprint density at radius 3 is 2.84 bits per heavy atom. The molecule has 1 aromatic carbocycles. The summed E-state index contributed by atoms with van der Waals surface area (Å²) in [6.07, 6.45) is 0. The largest absolute Gasteiger partial charge is 0.243 e. The van der Waals surface area contributed by atoms with E-state index in [4.69, 9.17) is 23.2 Å². The zero-order valence-corrected chi connectivity index (χ0v) is 13.6. The van der Waals surface area contributed by atoms with E-state index >= 15 is 0 Å². The van der Waals surface area contributed by atoms with Gasteiger partial charge in [0.05, 0.1) is 4.90 Å². The van der Waals surface area contributed by atoms with Crippen LogP contribution in [0.15, 0.2) is 23.1 Å². The average Bonchev–Trinajstić information content (AvgIpc) is 2.39. The molecule has 1 aromatic rings. The molecule has 19 heavy (non-hydrogen) atoms. The molecule has 2 rings (SSSR count). The molecule has 0 aliphatic carbocycles. The topological polar surface area (TPSA) is 37.4 Å². The molecule has 0 saturated carbocycles. The number of benzene rings is 1. The molecule has 1 atom stereocenters. The Hall–Kier alpha value is 0.0600.